The molecule has 2 aromatic carbocycles. The normalized spacial score (nSPS) is 19.5. The number of unbranched alkanes of at least 4 members (excludes halogenated alkanes) is 2. The molecule has 0 bridgehead atoms. The number of Topliss-reactive ketones (excluding diaryl/α,β-unsaturated/α-hetero) is 1. The molecule has 0 fully saturated rings. The number of carbonyl (C=O) groups is 2. The summed E-state index contributed by atoms with van der Waals surface area (Å²) in [6, 6.07) is 9.25. The molecule has 2 heterocycles. The smallest absolute Gasteiger partial charge is 0.307 e. The fourth-order valence-electron chi connectivity index (χ4n) is 7.32. The van der Waals surface area contributed by atoms with Crippen LogP contribution in [0.15, 0.2) is 76.0 Å². The molecule has 292 valence electrons. The van der Waals surface area contributed by atoms with Gasteiger partial charge in [-0.05, 0) is 68.5 Å². The summed E-state index contributed by atoms with van der Waals surface area (Å²) in [5.41, 5.74) is 2.33. The van der Waals surface area contributed by atoms with Crippen LogP contribution in [-0.4, -0.2) is 95.8 Å². The fourth-order valence-corrected chi connectivity index (χ4v) is 8.96. The van der Waals surface area contributed by atoms with Crippen molar-refractivity contribution in [3.63, 3.8) is 0 Å². The van der Waals surface area contributed by atoms with Crippen molar-refractivity contribution in [2.75, 3.05) is 29.5 Å². The fraction of sp³-hybridized carbons (Fsp3) is 0.417. The van der Waals surface area contributed by atoms with E-state index in [2.05, 4.69) is 0 Å². The van der Waals surface area contributed by atoms with Crippen LogP contribution in [0.2, 0.25) is 0 Å². The maximum Gasteiger partial charge on any atom is 0.307 e. The van der Waals surface area contributed by atoms with Gasteiger partial charge in [-0.1, -0.05) is 26.0 Å². The van der Waals surface area contributed by atoms with Crippen LogP contribution in [0.5, 0.6) is 0 Å². The van der Waals surface area contributed by atoms with Crippen LogP contribution in [-0.2, 0) is 57.2 Å². The zero-order valence-corrected chi connectivity index (χ0v) is 32.6. The van der Waals surface area contributed by atoms with E-state index in [1.54, 1.807) is 42.7 Å². The van der Waals surface area contributed by atoms with Gasteiger partial charge in [0.25, 0.3) is 30.4 Å². The Morgan fingerprint density at radius 1 is 0.815 bits per heavy atom. The molecule has 2 aromatic rings. The summed E-state index contributed by atoms with van der Waals surface area (Å²) in [5, 5.41) is 20.8. The third kappa shape index (κ3) is 8.38. The maximum atomic E-state index is 13.9. The lowest BCUT2D eigenvalue weighted by molar-refractivity contribution is -0.438. The largest absolute Gasteiger partial charge is 0.506 e. The highest BCUT2D eigenvalue weighted by atomic mass is 32.2. The highest BCUT2D eigenvalue weighted by Gasteiger charge is 2.48. The molecular weight excluding hydrogens is 765 g/mol. The van der Waals surface area contributed by atoms with Crippen molar-refractivity contribution < 1.29 is 63.3 Å². The van der Waals surface area contributed by atoms with E-state index in [-0.39, 0.29) is 60.6 Å². The number of rotatable bonds is 15. The SMILES string of the molecule is CC1(C)C(=CC2=C(O)C(=CC3=[N+](CCCCS(=O)(=O)O)c4ccc(S(=O)(=O)O)cc4C3(C)C)C2=O)N(CCCCS(=O)(=O)O)c2ccc(CC(=O)O)cc21. The molecule has 2 aliphatic heterocycles. The van der Waals surface area contributed by atoms with Crippen molar-refractivity contribution in [1.29, 1.82) is 0 Å². The van der Waals surface area contributed by atoms with Crippen molar-refractivity contribution in [1.82, 2.24) is 0 Å². The van der Waals surface area contributed by atoms with E-state index in [9.17, 15) is 58.7 Å². The number of carboxylic acids is 1. The highest BCUT2D eigenvalue weighted by Crippen LogP contribution is 2.50. The number of hydrogen-bond acceptors (Lipinski definition) is 10. The third-order valence-corrected chi connectivity index (χ3v) is 12.6. The number of aliphatic carboxylic acids is 1. The van der Waals surface area contributed by atoms with Crippen molar-refractivity contribution in [2.45, 2.75) is 75.5 Å². The van der Waals surface area contributed by atoms with Crippen LogP contribution >= 0.6 is 0 Å². The van der Waals surface area contributed by atoms with E-state index < -0.39 is 64.4 Å². The predicted molar refractivity (Wildman–Crippen MR) is 199 cm³/mol. The minimum atomic E-state index is -4.57. The minimum Gasteiger partial charge on any atom is -0.506 e. The summed E-state index contributed by atoms with van der Waals surface area (Å²) >= 11 is 0. The van der Waals surface area contributed by atoms with Crippen molar-refractivity contribution >= 4 is 59.2 Å². The number of carbonyl (C=O) groups excluding carboxylic acids is 1. The van der Waals surface area contributed by atoms with E-state index in [0.717, 1.165) is 5.56 Å². The number of carboxylic acid groups (broad SMARTS) is 1. The number of nitrogens with zero attached hydrogens (tertiary/aromatic N) is 2. The third-order valence-electron chi connectivity index (χ3n) is 10.1. The number of benzene rings is 2. The molecule has 0 aromatic heterocycles. The first-order valence-corrected chi connectivity index (χ1v) is 21.7. The first-order valence-electron chi connectivity index (χ1n) is 17.0. The number of anilines is 1. The van der Waals surface area contributed by atoms with Gasteiger partial charge < -0.3 is 15.1 Å². The van der Waals surface area contributed by atoms with Crippen LogP contribution in [0.4, 0.5) is 11.4 Å². The summed E-state index contributed by atoms with van der Waals surface area (Å²) in [4.78, 5) is 26.9. The van der Waals surface area contributed by atoms with Crippen molar-refractivity contribution in [3.05, 3.63) is 87.8 Å². The number of hydrogen-bond donors (Lipinski definition) is 5. The Hall–Kier alpha value is -4.20. The van der Waals surface area contributed by atoms with E-state index in [4.69, 9.17) is 0 Å². The van der Waals surface area contributed by atoms with Crippen LogP contribution in [0.3, 0.4) is 0 Å². The summed E-state index contributed by atoms with van der Waals surface area (Å²) < 4.78 is 99.4. The zero-order chi connectivity index (χ0) is 40.2. The van der Waals surface area contributed by atoms with E-state index in [1.165, 1.54) is 24.3 Å². The highest BCUT2D eigenvalue weighted by molar-refractivity contribution is 7.86. The number of allylic oxidation sites excluding steroid dienone is 5. The second-order valence-electron chi connectivity index (χ2n) is 14.7. The average molecular weight is 808 g/mol. The Kier molecular flexibility index (Phi) is 11.0. The molecule has 5 rings (SSSR count). The molecular formula is C36H43N2O13S3+. The van der Waals surface area contributed by atoms with Gasteiger partial charge in [-0.15, -0.1) is 0 Å². The number of aliphatic hydroxyl groups is 1. The lowest BCUT2D eigenvalue weighted by atomic mass is 9.77. The molecule has 1 aliphatic carbocycles. The van der Waals surface area contributed by atoms with Gasteiger partial charge in [0, 0.05) is 47.5 Å². The summed E-state index contributed by atoms with van der Waals surface area (Å²) in [5.74, 6) is -2.76. The maximum absolute atomic E-state index is 13.9. The Balaban J connectivity index is 1.57. The molecule has 54 heavy (non-hydrogen) atoms. The van der Waals surface area contributed by atoms with Crippen LogP contribution in [0.25, 0.3) is 0 Å². The Morgan fingerprint density at radius 2 is 1.44 bits per heavy atom. The molecule has 0 saturated carbocycles. The van der Waals surface area contributed by atoms with Gasteiger partial charge >= 0.3 is 5.97 Å². The second-order valence-corrected chi connectivity index (χ2v) is 19.2. The van der Waals surface area contributed by atoms with Gasteiger partial charge in [0.1, 0.15) is 12.3 Å². The second kappa shape index (κ2) is 14.5. The Labute approximate surface area is 314 Å². The minimum absolute atomic E-state index is 0.00638. The summed E-state index contributed by atoms with van der Waals surface area (Å²) in [7, 11) is -13.0. The summed E-state index contributed by atoms with van der Waals surface area (Å²) in [6.07, 6.45) is 3.68. The van der Waals surface area contributed by atoms with Crippen LogP contribution in [0, 0.1) is 0 Å². The molecule has 0 spiro atoms. The molecule has 15 nitrogen and oxygen atoms in total. The molecule has 0 unspecified atom stereocenters. The quantitative estimate of drug-likeness (QED) is 0.0731. The number of ketones is 1. The van der Waals surface area contributed by atoms with Gasteiger partial charge in [-0.3, -0.25) is 23.2 Å². The standard InChI is InChI=1S/C36H42N2O13S3/c1-35(2)26-17-22(18-32(39)40)9-11-28(26)37(13-5-7-15-52(43,44)45)30(35)20-24-33(41)25(34(24)42)21-31-36(3,4)27-19-23(54(49,50)51)10-12-29(27)38(31)14-6-8-16-53(46,47)48/h9-12,17,19-21H,5-8,13-16,18H2,1-4H3,(H4-,39,40,41,42,43,44,45,46,47,48,49,50,51)/p+1. The molecule has 0 saturated heterocycles. The molecule has 0 amide bonds. The monoisotopic (exact) mass is 807 g/mol. The first-order chi connectivity index (χ1) is 24.8. The predicted octanol–water partition coefficient (Wildman–Crippen LogP) is 4.28. The Bertz CT molecular complexity index is 2400. The summed E-state index contributed by atoms with van der Waals surface area (Å²) in [6.45, 7) is 7.79. The molecule has 3 aliphatic rings. The van der Waals surface area contributed by atoms with Gasteiger partial charge in [-0.25, -0.2) is 0 Å². The molecule has 18 heteroatoms. The lowest BCUT2D eigenvalue weighted by Crippen LogP contribution is -2.32. The van der Waals surface area contributed by atoms with E-state index >= 15 is 0 Å². The first kappa shape index (κ1) is 41.0. The Morgan fingerprint density at radius 3 is 2.02 bits per heavy atom. The lowest BCUT2D eigenvalue weighted by Gasteiger charge is -2.29. The van der Waals surface area contributed by atoms with Gasteiger partial charge in [0.2, 0.25) is 11.5 Å². The van der Waals surface area contributed by atoms with Crippen LogP contribution in [0.1, 0.15) is 70.1 Å². The topological polar surface area (TPSA) is 244 Å². The van der Waals surface area contributed by atoms with Gasteiger partial charge in [-0.2, -0.15) is 29.8 Å². The zero-order valence-electron chi connectivity index (χ0n) is 30.1. The number of fused-ring (bicyclic) bond motifs is 2. The van der Waals surface area contributed by atoms with E-state index in [1.807, 2.05) is 18.7 Å². The average Bonchev–Trinajstić information content (AvgIpc) is 3.38. The van der Waals surface area contributed by atoms with Crippen molar-refractivity contribution in [2.24, 2.45) is 0 Å². The molecule has 0 radical (unpaired) electrons. The van der Waals surface area contributed by atoms with Gasteiger partial charge in [0.15, 0.2) is 5.71 Å². The van der Waals surface area contributed by atoms with Gasteiger partial charge in [0.05, 0.1) is 39.4 Å². The van der Waals surface area contributed by atoms with Crippen LogP contribution < -0.4 is 4.90 Å². The molecule has 0 atom stereocenters. The van der Waals surface area contributed by atoms with Crippen molar-refractivity contribution in [3.8, 4) is 0 Å². The van der Waals surface area contributed by atoms with E-state index in [0.29, 0.717) is 40.3 Å². The molecule has 5 N–H and O–H groups in total. The number of aliphatic hydroxyl groups excluding tert-OH is 1.